The molecule has 0 bridgehead atoms. The minimum absolute atomic E-state index is 0. The van der Waals surface area contributed by atoms with Crippen LogP contribution in [0.5, 0.6) is 0 Å². The van der Waals surface area contributed by atoms with Crippen LogP contribution in [0.2, 0.25) is 0 Å². The molecule has 1 amide bonds. The van der Waals surface area contributed by atoms with Crippen molar-refractivity contribution in [2.75, 3.05) is 33.4 Å². The fourth-order valence-electron chi connectivity index (χ4n) is 1.54. The molecule has 0 saturated carbocycles. The van der Waals surface area contributed by atoms with Gasteiger partial charge < -0.3 is 20.1 Å². The predicted octanol–water partition coefficient (Wildman–Crippen LogP) is -0.0622. The highest BCUT2D eigenvalue weighted by Crippen LogP contribution is 2.04. The third-order valence-corrected chi connectivity index (χ3v) is 2.19. The standard InChI is InChI=1S/C10H20N2O3.ClH/c1-10(2,7-14-3)12-9(13)8-6-11-4-5-15-8;/h8,11H,4-7H2,1-3H3,(H,12,13);1H/t8-;/m0./s1. The summed E-state index contributed by atoms with van der Waals surface area (Å²) in [6, 6.07) is 0. The molecular weight excluding hydrogens is 232 g/mol. The summed E-state index contributed by atoms with van der Waals surface area (Å²) in [5.74, 6) is -0.0794. The summed E-state index contributed by atoms with van der Waals surface area (Å²) in [5, 5.41) is 6.01. The maximum absolute atomic E-state index is 11.8. The van der Waals surface area contributed by atoms with Crippen LogP contribution in [0.4, 0.5) is 0 Å². The van der Waals surface area contributed by atoms with Crippen LogP contribution in [0.25, 0.3) is 0 Å². The number of carbonyl (C=O) groups is 1. The molecule has 1 aliphatic heterocycles. The Morgan fingerprint density at radius 2 is 2.31 bits per heavy atom. The third-order valence-electron chi connectivity index (χ3n) is 2.19. The van der Waals surface area contributed by atoms with Gasteiger partial charge >= 0.3 is 0 Å². The van der Waals surface area contributed by atoms with E-state index in [4.69, 9.17) is 9.47 Å². The summed E-state index contributed by atoms with van der Waals surface area (Å²) in [6.07, 6.45) is -0.380. The summed E-state index contributed by atoms with van der Waals surface area (Å²) in [5.41, 5.74) is -0.355. The fourth-order valence-corrected chi connectivity index (χ4v) is 1.54. The molecule has 16 heavy (non-hydrogen) atoms. The van der Waals surface area contributed by atoms with Gasteiger partial charge in [0.25, 0.3) is 5.91 Å². The zero-order valence-corrected chi connectivity index (χ0v) is 10.9. The Labute approximate surface area is 103 Å². The molecule has 2 N–H and O–H groups in total. The molecule has 0 aromatic heterocycles. The average molecular weight is 253 g/mol. The van der Waals surface area contributed by atoms with Gasteiger partial charge in [0.15, 0.2) is 0 Å². The maximum Gasteiger partial charge on any atom is 0.250 e. The largest absolute Gasteiger partial charge is 0.382 e. The van der Waals surface area contributed by atoms with Gasteiger partial charge in [0.2, 0.25) is 0 Å². The number of ether oxygens (including phenoxy) is 2. The first-order valence-corrected chi connectivity index (χ1v) is 5.18. The van der Waals surface area contributed by atoms with Crippen molar-refractivity contribution in [2.45, 2.75) is 25.5 Å². The van der Waals surface area contributed by atoms with Crippen LogP contribution in [0.1, 0.15) is 13.8 Å². The number of morpholine rings is 1. The number of halogens is 1. The summed E-state index contributed by atoms with van der Waals surface area (Å²) in [7, 11) is 1.62. The van der Waals surface area contributed by atoms with Crippen molar-refractivity contribution < 1.29 is 14.3 Å². The van der Waals surface area contributed by atoms with Crippen LogP contribution in [-0.4, -0.2) is 51.0 Å². The van der Waals surface area contributed by atoms with Crippen LogP contribution in [0, 0.1) is 0 Å². The lowest BCUT2D eigenvalue weighted by Gasteiger charge is -2.29. The summed E-state index contributed by atoms with van der Waals surface area (Å²) in [6.45, 7) is 6.30. The lowest BCUT2D eigenvalue weighted by molar-refractivity contribution is -0.136. The van der Waals surface area contributed by atoms with Crippen molar-refractivity contribution in [3.05, 3.63) is 0 Å². The van der Waals surface area contributed by atoms with Crippen molar-refractivity contribution in [1.29, 1.82) is 0 Å². The third kappa shape index (κ3) is 5.12. The maximum atomic E-state index is 11.8. The van der Waals surface area contributed by atoms with Crippen molar-refractivity contribution in [2.24, 2.45) is 0 Å². The number of amides is 1. The van der Waals surface area contributed by atoms with E-state index >= 15 is 0 Å². The minimum atomic E-state index is -0.380. The smallest absolute Gasteiger partial charge is 0.250 e. The van der Waals surface area contributed by atoms with Crippen molar-refractivity contribution in [1.82, 2.24) is 10.6 Å². The van der Waals surface area contributed by atoms with Crippen molar-refractivity contribution in [3.63, 3.8) is 0 Å². The summed E-state index contributed by atoms with van der Waals surface area (Å²) < 4.78 is 10.4. The van der Waals surface area contributed by atoms with Crippen molar-refractivity contribution >= 4 is 18.3 Å². The van der Waals surface area contributed by atoms with E-state index in [-0.39, 0.29) is 30.0 Å². The number of nitrogens with one attached hydrogen (secondary N) is 2. The molecule has 1 aliphatic rings. The molecule has 1 fully saturated rings. The van der Waals surface area contributed by atoms with E-state index in [1.165, 1.54) is 0 Å². The van der Waals surface area contributed by atoms with Crippen LogP contribution in [0.15, 0.2) is 0 Å². The molecular formula is C10H21ClN2O3. The second-order valence-corrected chi connectivity index (χ2v) is 4.37. The van der Waals surface area contributed by atoms with Gasteiger partial charge in [-0.3, -0.25) is 4.79 Å². The molecule has 0 aliphatic carbocycles. The molecule has 0 aromatic rings. The van der Waals surface area contributed by atoms with Gasteiger partial charge in [0, 0.05) is 20.2 Å². The molecule has 6 heteroatoms. The lowest BCUT2D eigenvalue weighted by Crippen LogP contribution is -2.55. The zero-order valence-electron chi connectivity index (χ0n) is 10.0. The Kier molecular flexibility index (Phi) is 6.90. The van der Waals surface area contributed by atoms with Crippen LogP contribution < -0.4 is 10.6 Å². The minimum Gasteiger partial charge on any atom is -0.382 e. The summed E-state index contributed by atoms with van der Waals surface area (Å²) >= 11 is 0. The first-order chi connectivity index (χ1) is 7.05. The molecule has 1 heterocycles. The summed E-state index contributed by atoms with van der Waals surface area (Å²) in [4.78, 5) is 11.8. The van der Waals surface area contributed by atoms with E-state index in [9.17, 15) is 4.79 Å². The predicted molar refractivity (Wildman–Crippen MR) is 64.0 cm³/mol. The van der Waals surface area contributed by atoms with Gasteiger partial charge in [0.1, 0.15) is 6.10 Å². The van der Waals surface area contributed by atoms with Gasteiger partial charge in [-0.25, -0.2) is 0 Å². The molecule has 5 nitrogen and oxygen atoms in total. The molecule has 0 radical (unpaired) electrons. The van der Waals surface area contributed by atoms with E-state index in [1.807, 2.05) is 13.8 Å². The Morgan fingerprint density at radius 3 is 2.81 bits per heavy atom. The van der Waals surface area contributed by atoms with Gasteiger partial charge in [-0.15, -0.1) is 12.4 Å². The second-order valence-electron chi connectivity index (χ2n) is 4.37. The zero-order chi connectivity index (χ0) is 11.3. The topological polar surface area (TPSA) is 59.6 Å². The van der Waals surface area contributed by atoms with E-state index in [1.54, 1.807) is 7.11 Å². The van der Waals surface area contributed by atoms with Crippen LogP contribution in [-0.2, 0) is 14.3 Å². The van der Waals surface area contributed by atoms with Gasteiger partial charge in [-0.2, -0.15) is 0 Å². The molecule has 0 spiro atoms. The number of hydrogen-bond acceptors (Lipinski definition) is 4. The lowest BCUT2D eigenvalue weighted by atomic mass is 10.1. The molecule has 0 aromatic carbocycles. The van der Waals surface area contributed by atoms with E-state index in [0.717, 1.165) is 6.54 Å². The van der Waals surface area contributed by atoms with Gasteiger partial charge in [0.05, 0.1) is 18.8 Å². The first-order valence-electron chi connectivity index (χ1n) is 5.18. The normalized spacial score (nSPS) is 21.1. The average Bonchev–Trinajstić information content (AvgIpc) is 2.18. The SMILES string of the molecule is COCC(C)(C)NC(=O)[C@@H]1CNCCO1.Cl. The molecule has 1 rings (SSSR count). The highest BCUT2D eigenvalue weighted by atomic mass is 35.5. The van der Waals surface area contributed by atoms with E-state index in [2.05, 4.69) is 10.6 Å². The first kappa shape index (κ1) is 15.6. The Morgan fingerprint density at radius 1 is 1.62 bits per heavy atom. The number of rotatable bonds is 4. The Hall–Kier alpha value is -0.360. The number of methoxy groups -OCH3 is 1. The fraction of sp³-hybridized carbons (Fsp3) is 0.900. The molecule has 1 atom stereocenters. The molecule has 0 unspecified atom stereocenters. The molecule has 1 saturated heterocycles. The van der Waals surface area contributed by atoms with E-state index in [0.29, 0.717) is 19.8 Å². The van der Waals surface area contributed by atoms with Crippen molar-refractivity contribution in [3.8, 4) is 0 Å². The monoisotopic (exact) mass is 252 g/mol. The van der Waals surface area contributed by atoms with Gasteiger partial charge in [-0.05, 0) is 13.8 Å². The highest BCUT2D eigenvalue weighted by molar-refractivity contribution is 5.85. The number of carbonyl (C=O) groups excluding carboxylic acids is 1. The van der Waals surface area contributed by atoms with Gasteiger partial charge in [-0.1, -0.05) is 0 Å². The molecule has 96 valence electrons. The second kappa shape index (κ2) is 7.06. The Balaban J connectivity index is 0.00000225. The van der Waals surface area contributed by atoms with E-state index < -0.39 is 0 Å². The van der Waals surface area contributed by atoms with Crippen LogP contribution in [0.3, 0.4) is 0 Å². The Bertz CT molecular complexity index is 218. The highest BCUT2D eigenvalue weighted by Gasteiger charge is 2.27. The quantitative estimate of drug-likeness (QED) is 0.736. The van der Waals surface area contributed by atoms with Crippen LogP contribution >= 0.6 is 12.4 Å². The number of hydrogen-bond donors (Lipinski definition) is 2.